The van der Waals surface area contributed by atoms with Crippen LogP contribution in [0.3, 0.4) is 0 Å². The molecule has 0 bridgehead atoms. The largest absolute Gasteiger partial charge is 0.491 e. The van der Waals surface area contributed by atoms with Gasteiger partial charge >= 0.3 is 0 Å². The van der Waals surface area contributed by atoms with Crippen molar-refractivity contribution in [2.24, 2.45) is 0 Å². The Labute approximate surface area is 147 Å². The van der Waals surface area contributed by atoms with Crippen molar-refractivity contribution in [2.45, 2.75) is 26.9 Å². The van der Waals surface area contributed by atoms with Crippen LogP contribution >= 0.6 is 0 Å². The number of ether oxygens (including phenoxy) is 2. The molecule has 0 saturated carbocycles. The van der Waals surface area contributed by atoms with E-state index in [-0.39, 0.29) is 12.7 Å². The minimum atomic E-state index is -0.455. The van der Waals surface area contributed by atoms with Crippen LogP contribution in [-0.4, -0.2) is 24.5 Å². The fourth-order valence-corrected chi connectivity index (χ4v) is 2.00. The molecular formula is C19H22N2O4. The Morgan fingerprint density at radius 2 is 1.72 bits per heavy atom. The summed E-state index contributed by atoms with van der Waals surface area (Å²) in [5.41, 5.74) is 6.16. The first-order chi connectivity index (χ1) is 11.9. The normalized spacial score (nSPS) is 10.2. The van der Waals surface area contributed by atoms with Crippen LogP contribution in [0.4, 0.5) is 0 Å². The first-order valence-corrected chi connectivity index (χ1v) is 7.99. The topological polar surface area (TPSA) is 76.7 Å². The average Bonchev–Trinajstić information content (AvgIpc) is 2.59. The second-order valence-corrected chi connectivity index (χ2v) is 5.80. The van der Waals surface area contributed by atoms with E-state index in [4.69, 9.17) is 9.47 Å². The van der Waals surface area contributed by atoms with Gasteiger partial charge in [0.1, 0.15) is 11.5 Å². The highest BCUT2D eigenvalue weighted by Crippen LogP contribution is 2.14. The van der Waals surface area contributed by atoms with E-state index in [0.29, 0.717) is 17.1 Å². The third kappa shape index (κ3) is 6.18. The third-order valence-corrected chi connectivity index (χ3v) is 3.17. The van der Waals surface area contributed by atoms with Crippen LogP contribution in [-0.2, 0) is 4.79 Å². The van der Waals surface area contributed by atoms with E-state index in [2.05, 4.69) is 10.9 Å². The van der Waals surface area contributed by atoms with Crippen molar-refractivity contribution in [1.82, 2.24) is 10.9 Å². The number of hydrogen-bond acceptors (Lipinski definition) is 4. The van der Waals surface area contributed by atoms with Crippen LogP contribution < -0.4 is 20.3 Å². The van der Waals surface area contributed by atoms with E-state index in [1.54, 1.807) is 36.4 Å². The fraction of sp³-hybridized carbons (Fsp3) is 0.263. The second kappa shape index (κ2) is 8.73. The van der Waals surface area contributed by atoms with Gasteiger partial charge in [-0.25, -0.2) is 0 Å². The van der Waals surface area contributed by atoms with Crippen molar-refractivity contribution in [3.63, 3.8) is 0 Å². The molecule has 0 aliphatic rings. The zero-order chi connectivity index (χ0) is 18.2. The van der Waals surface area contributed by atoms with Gasteiger partial charge in [-0.3, -0.25) is 20.4 Å². The molecule has 0 radical (unpaired) electrons. The summed E-state index contributed by atoms with van der Waals surface area (Å²) in [7, 11) is 0. The van der Waals surface area contributed by atoms with Gasteiger partial charge in [-0.15, -0.1) is 0 Å². The first-order valence-electron chi connectivity index (χ1n) is 7.99. The maximum Gasteiger partial charge on any atom is 0.276 e. The predicted octanol–water partition coefficient (Wildman–Crippen LogP) is 2.62. The van der Waals surface area contributed by atoms with Crippen molar-refractivity contribution in [3.8, 4) is 11.5 Å². The number of benzene rings is 2. The van der Waals surface area contributed by atoms with Gasteiger partial charge in [0, 0.05) is 5.56 Å². The van der Waals surface area contributed by atoms with E-state index < -0.39 is 11.8 Å². The zero-order valence-electron chi connectivity index (χ0n) is 14.5. The van der Waals surface area contributed by atoms with E-state index in [0.717, 1.165) is 5.56 Å². The van der Waals surface area contributed by atoms with Crippen LogP contribution in [0.1, 0.15) is 29.8 Å². The van der Waals surface area contributed by atoms with Gasteiger partial charge in [0.15, 0.2) is 6.61 Å². The Morgan fingerprint density at radius 1 is 1.00 bits per heavy atom. The van der Waals surface area contributed by atoms with Crippen LogP contribution in [0, 0.1) is 6.92 Å². The molecule has 0 aliphatic carbocycles. The number of hydrogen-bond donors (Lipinski definition) is 2. The Kier molecular flexibility index (Phi) is 6.39. The molecule has 0 heterocycles. The summed E-state index contributed by atoms with van der Waals surface area (Å²) < 4.78 is 10.9. The molecule has 6 nitrogen and oxygen atoms in total. The fourth-order valence-electron chi connectivity index (χ4n) is 2.00. The lowest BCUT2D eigenvalue weighted by Gasteiger charge is -2.11. The quantitative estimate of drug-likeness (QED) is 0.791. The molecule has 0 aliphatic heterocycles. The summed E-state index contributed by atoms with van der Waals surface area (Å²) in [6.45, 7) is 5.58. The Bertz CT molecular complexity index is 726. The molecule has 2 rings (SSSR count). The molecule has 0 saturated heterocycles. The number of hydrazine groups is 1. The van der Waals surface area contributed by atoms with Crippen molar-refractivity contribution in [1.29, 1.82) is 0 Å². The summed E-state index contributed by atoms with van der Waals surface area (Å²) in [6, 6.07) is 14.1. The molecule has 25 heavy (non-hydrogen) atoms. The van der Waals surface area contributed by atoms with Crippen molar-refractivity contribution in [3.05, 3.63) is 59.7 Å². The second-order valence-electron chi connectivity index (χ2n) is 5.80. The number of aryl methyl sites for hydroxylation is 1. The van der Waals surface area contributed by atoms with Gasteiger partial charge in [0.05, 0.1) is 6.10 Å². The van der Waals surface area contributed by atoms with E-state index in [9.17, 15) is 9.59 Å². The lowest BCUT2D eigenvalue weighted by atomic mass is 10.2. The van der Waals surface area contributed by atoms with Crippen LogP contribution in [0.5, 0.6) is 11.5 Å². The van der Waals surface area contributed by atoms with Crippen molar-refractivity contribution in [2.75, 3.05) is 6.61 Å². The highest BCUT2D eigenvalue weighted by Gasteiger charge is 2.09. The minimum absolute atomic E-state index is 0.0111. The smallest absolute Gasteiger partial charge is 0.276 e. The maximum absolute atomic E-state index is 12.1. The summed E-state index contributed by atoms with van der Waals surface area (Å²) in [5, 5.41) is 0. The molecule has 0 atom stereocenters. The molecule has 2 aromatic carbocycles. The van der Waals surface area contributed by atoms with Crippen molar-refractivity contribution < 1.29 is 19.1 Å². The number of rotatable bonds is 6. The monoisotopic (exact) mass is 342 g/mol. The molecule has 0 spiro atoms. The van der Waals surface area contributed by atoms with Gasteiger partial charge < -0.3 is 9.47 Å². The van der Waals surface area contributed by atoms with Crippen molar-refractivity contribution >= 4 is 11.8 Å². The SMILES string of the molecule is Cc1ccc(OCC(=O)NNC(=O)c2cccc(OC(C)C)c2)cc1. The number of amides is 2. The van der Waals surface area contributed by atoms with Crippen LogP contribution in [0.25, 0.3) is 0 Å². The molecule has 0 unspecified atom stereocenters. The Balaban J connectivity index is 1.80. The molecule has 6 heteroatoms. The molecule has 132 valence electrons. The van der Waals surface area contributed by atoms with E-state index >= 15 is 0 Å². The van der Waals surface area contributed by atoms with Crippen LogP contribution in [0.2, 0.25) is 0 Å². The van der Waals surface area contributed by atoms with E-state index in [1.807, 2.05) is 32.9 Å². The molecule has 0 aromatic heterocycles. The van der Waals surface area contributed by atoms with Gasteiger partial charge in [-0.05, 0) is 51.1 Å². The first kappa shape index (κ1) is 18.3. The Morgan fingerprint density at radius 3 is 2.40 bits per heavy atom. The van der Waals surface area contributed by atoms with E-state index in [1.165, 1.54) is 0 Å². The average molecular weight is 342 g/mol. The maximum atomic E-state index is 12.1. The molecule has 2 amide bonds. The summed E-state index contributed by atoms with van der Waals surface area (Å²) in [5.74, 6) is 0.295. The van der Waals surface area contributed by atoms with Gasteiger partial charge in [0.25, 0.3) is 11.8 Å². The number of carbonyl (C=O) groups is 2. The standard InChI is InChI=1S/C19H22N2O4/c1-13(2)25-17-6-4-5-15(11-17)19(23)21-20-18(22)12-24-16-9-7-14(3)8-10-16/h4-11,13H,12H2,1-3H3,(H,20,22)(H,21,23). The van der Waals surface area contributed by atoms with Gasteiger partial charge in [-0.1, -0.05) is 23.8 Å². The van der Waals surface area contributed by atoms with Gasteiger partial charge in [-0.2, -0.15) is 0 Å². The lowest BCUT2D eigenvalue weighted by molar-refractivity contribution is -0.123. The highest BCUT2D eigenvalue weighted by molar-refractivity contribution is 5.95. The summed E-state index contributed by atoms with van der Waals surface area (Å²) in [4.78, 5) is 23.8. The molecule has 2 aromatic rings. The Hall–Kier alpha value is -3.02. The van der Waals surface area contributed by atoms with Gasteiger partial charge in [0.2, 0.25) is 0 Å². The lowest BCUT2D eigenvalue weighted by Crippen LogP contribution is -2.43. The molecular weight excluding hydrogens is 320 g/mol. The number of nitrogens with one attached hydrogen (secondary N) is 2. The minimum Gasteiger partial charge on any atom is -0.491 e. The summed E-state index contributed by atoms with van der Waals surface area (Å²) >= 11 is 0. The number of carbonyl (C=O) groups excluding carboxylic acids is 2. The highest BCUT2D eigenvalue weighted by atomic mass is 16.5. The predicted molar refractivity (Wildman–Crippen MR) is 94.5 cm³/mol. The zero-order valence-corrected chi connectivity index (χ0v) is 14.5. The third-order valence-electron chi connectivity index (χ3n) is 3.17. The molecule has 0 fully saturated rings. The molecule has 2 N–H and O–H groups in total. The summed E-state index contributed by atoms with van der Waals surface area (Å²) in [6.07, 6.45) is 0.0111. The van der Waals surface area contributed by atoms with Crippen LogP contribution in [0.15, 0.2) is 48.5 Å².